The summed E-state index contributed by atoms with van der Waals surface area (Å²) in [6.45, 7) is 3.94. The first kappa shape index (κ1) is 21.3. The molecule has 6 nitrogen and oxygen atoms in total. The molecule has 0 aliphatic heterocycles. The monoisotopic (exact) mass is 396 g/mol. The SMILES string of the molecule is CCCC(=O)Nc1cccc(NCC(=O)Nc2ccccc2SCC#N)c1C. The molecule has 0 aliphatic carbocycles. The van der Waals surface area contributed by atoms with Crippen LogP contribution < -0.4 is 16.0 Å². The third-order valence-corrected chi connectivity index (χ3v) is 4.92. The second kappa shape index (κ2) is 11.0. The van der Waals surface area contributed by atoms with Crippen molar-refractivity contribution in [1.82, 2.24) is 0 Å². The number of carbonyl (C=O) groups excluding carboxylic acids is 2. The van der Waals surface area contributed by atoms with Gasteiger partial charge >= 0.3 is 0 Å². The van der Waals surface area contributed by atoms with E-state index in [1.807, 2.05) is 56.3 Å². The molecule has 0 fully saturated rings. The fourth-order valence-electron chi connectivity index (χ4n) is 2.58. The van der Waals surface area contributed by atoms with Gasteiger partial charge in [-0.05, 0) is 43.2 Å². The van der Waals surface area contributed by atoms with E-state index in [9.17, 15) is 9.59 Å². The van der Waals surface area contributed by atoms with E-state index in [1.54, 1.807) is 0 Å². The highest BCUT2D eigenvalue weighted by atomic mass is 32.2. The van der Waals surface area contributed by atoms with E-state index in [4.69, 9.17) is 5.26 Å². The summed E-state index contributed by atoms with van der Waals surface area (Å²) in [5.74, 6) is 0.109. The van der Waals surface area contributed by atoms with Gasteiger partial charge in [0.15, 0.2) is 0 Å². The van der Waals surface area contributed by atoms with Crippen molar-refractivity contribution in [3.05, 3.63) is 48.0 Å². The molecule has 2 amide bonds. The van der Waals surface area contributed by atoms with Crippen molar-refractivity contribution in [3.8, 4) is 6.07 Å². The Morgan fingerprint density at radius 1 is 1.00 bits per heavy atom. The highest BCUT2D eigenvalue weighted by Crippen LogP contribution is 2.27. The molecule has 2 rings (SSSR count). The van der Waals surface area contributed by atoms with Crippen LogP contribution >= 0.6 is 11.8 Å². The van der Waals surface area contributed by atoms with Crippen LogP contribution in [0.1, 0.15) is 25.3 Å². The average molecular weight is 397 g/mol. The van der Waals surface area contributed by atoms with Crippen molar-refractivity contribution in [2.45, 2.75) is 31.6 Å². The summed E-state index contributed by atoms with van der Waals surface area (Å²) in [5.41, 5.74) is 3.09. The van der Waals surface area contributed by atoms with E-state index >= 15 is 0 Å². The number of hydrogen-bond donors (Lipinski definition) is 3. The van der Waals surface area contributed by atoms with Gasteiger partial charge in [-0.1, -0.05) is 25.1 Å². The van der Waals surface area contributed by atoms with Crippen molar-refractivity contribution in [1.29, 1.82) is 5.26 Å². The molecule has 0 aromatic heterocycles. The summed E-state index contributed by atoms with van der Waals surface area (Å²) in [5, 5.41) is 17.6. The van der Waals surface area contributed by atoms with Crippen molar-refractivity contribution < 1.29 is 9.59 Å². The second-order valence-corrected chi connectivity index (χ2v) is 7.14. The van der Waals surface area contributed by atoms with Crippen LogP contribution in [0.3, 0.4) is 0 Å². The summed E-state index contributed by atoms with van der Waals surface area (Å²) in [7, 11) is 0. The predicted octanol–water partition coefficient (Wildman–Crippen LogP) is 4.40. The quantitative estimate of drug-likeness (QED) is 0.546. The first-order valence-electron chi connectivity index (χ1n) is 9.07. The van der Waals surface area contributed by atoms with Crippen molar-refractivity contribution >= 4 is 40.6 Å². The molecule has 0 saturated heterocycles. The summed E-state index contributed by atoms with van der Waals surface area (Å²) in [6.07, 6.45) is 1.26. The Morgan fingerprint density at radius 2 is 1.68 bits per heavy atom. The molecule has 0 saturated carbocycles. The zero-order valence-corrected chi connectivity index (χ0v) is 16.9. The fraction of sp³-hybridized carbons (Fsp3) is 0.286. The molecular formula is C21H24N4O2S. The lowest BCUT2D eigenvalue weighted by Gasteiger charge is -2.15. The number of benzene rings is 2. The number of nitrogens with zero attached hydrogens (tertiary/aromatic N) is 1. The predicted molar refractivity (Wildman–Crippen MR) is 115 cm³/mol. The Hall–Kier alpha value is -2.98. The van der Waals surface area contributed by atoms with Crippen LogP contribution in [0, 0.1) is 18.3 Å². The van der Waals surface area contributed by atoms with Crippen molar-refractivity contribution in [2.75, 3.05) is 28.2 Å². The van der Waals surface area contributed by atoms with Gasteiger partial charge in [0.2, 0.25) is 11.8 Å². The maximum atomic E-state index is 12.4. The zero-order valence-electron chi connectivity index (χ0n) is 16.0. The smallest absolute Gasteiger partial charge is 0.243 e. The highest BCUT2D eigenvalue weighted by Gasteiger charge is 2.10. The van der Waals surface area contributed by atoms with E-state index in [2.05, 4.69) is 22.0 Å². The first-order valence-corrected chi connectivity index (χ1v) is 10.1. The van der Waals surface area contributed by atoms with Gasteiger partial charge in [-0.25, -0.2) is 0 Å². The molecule has 0 radical (unpaired) electrons. The third-order valence-electron chi connectivity index (χ3n) is 3.98. The standard InChI is InChI=1S/C21H24N4O2S/c1-3-7-20(26)24-17-10-6-9-16(15(17)2)23-14-21(27)25-18-8-4-5-11-19(18)28-13-12-22/h4-6,8-11,23H,3,7,13-14H2,1-2H3,(H,24,26)(H,25,27). The molecule has 0 unspecified atom stereocenters. The fourth-order valence-corrected chi connectivity index (χ4v) is 3.25. The van der Waals surface area contributed by atoms with Gasteiger partial charge < -0.3 is 16.0 Å². The lowest BCUT2D eigenvalue weighted by atomic mass is 10.1. The number of para-hydroxylation sites is 1. The van der Waals surface area contributed by atoms with Crippen LogP contribution in [0.2, 0.25) is 0 Å². The molecule has 2 aromatic carbocycles. The number of anilines is 3. The Morgan fingerprint density at radius 3 is 2.43 bits per heavy atom. The van der Waals surface area contributed by atoms with Gasteiger partial charge in [0, 0.05) is 22.7 Å². The number of amides is 2. The lowest BCUT2D eigenvalue weighted by molar-refractivity contribution is -0.116. The molecule has 0 spiro atoms. The van der Waals surface area contributed by atoms with Crippen molar-refractivity contribution in [3.63, 3.8) is 0 Å². The van der Waals surface area contributed by atoms with Crippen LogP contribution in [0.25, 0.3) is 0 Å². The largest absolute Gasteiger partial charge is 0.376 e. The number of carbonyl (C=O) groups is 2. The average Bonchev–Trinajstić information content (AvgIpc) is 2.68. The Balaban J connectivity index is 1.98. The molecule has 146 valence electrons. The second-order valence-electron chi connectivity index (χ2n) is 6.12. The van der Waals surface area contributed by atoms with Gasteiger partial charge in [0.1, 0.15) is 0 Å². The molecule has 28 heavy (non-hydrogen) atoms. The van der Waals surface area contributed by atoms with Crippen LogP contribution in [0.5, 0.6) is 0 Å². The third kappa shape index (κ3) is 6.32. The molecule has 0 aliphatic rings. The molecule has 0 atom stereocenters. The number of nitrogens with one attached hydrogen (secondary N) is 3. The van der Waals surface area contributed by atoms with Gasteiger partial charge in [-0.3, -0.25) is 9.59 Å². The van der Waals surface area contributed by atoms with E-state index in [-0.39, 0.29) is 18.4 Å². The van der Waals surface area contributed by atoms with E-state index in [0.717, 1.165) is 28.3 Å². The summed E-state index contributed by atoms with van der Waals surface area (Å²) in [4.78, 5) is 25.0. The lowest BCUT2D eigenvalue weighted by Crippen LogP contribution is -2.22. The first-order chi connectivity index (χ1) is 13.5. The minimum Gasteiger partial charge on any atom is -0.376 e. The minimum atomic E-state index is -0.190. The van der Waals surface area contributed by atoms with Crippen molar-refractivity contribution in [2.24, 2.45) is 0 Å². The molecule has 3 N–H and O–H groups in total. The number of rotatable bonds is 9. The summed E-state index contributed by atoms with van der Waals surface area (Å²) >= 11 is 1.38. The van der Waals surface area contributed by atoms with E-state index < -0.39 is 0 Å². The number of hydrogen-bond acceptors (Lipinski definition) is 5. The minimum absolute atomic E-state index is 0.0213. The summed E-state index contributed by atoms with van der Waals surface area (Å²) in [6, 6.07) is 15.0. The van der Waals surface area contributed by atoms with Crippen LogP contribution in [0.15, 0.2) is 47.4 Å². The van der Waals surface area contributed by atoms with Gasteiger partial charge in [0.05, 0.1) is 24.1 Å². The molecule has 7 heteroatoms. The normalized spacial score (nSPS) is 10.0. The number of nitriles is 1. The zero-order chi connectivity index (χ0) is 20.4. The molecule has 0 bridgehead atoms. The number of thioether (sulfide) groups is 1. The van der Waals surface area contributed by atoms with E-state index in [0.29, 0.717) is 17.9 Å². The highest BCUT2D eigenvalue weighted by molar-refractivity contribution is 7.99. The topological polar surface area (TPSA) is 94.0 Å². The Labute approximate surface area is 169 Å². The molecular weight excluding hydrogens is 372 g/mol. The van der Waals surface area contributed by atoms with E-state index in [1.165, 1.54) is 11.8 Å². The Bertz CT molecular complexity index is 877. The van der Waals surface area contributed by atoms with Gasteiger partial charge in [-0.2, -0.15) is 5.26 Å². The maximum absolute atomic E-state index is 12.4. The molecule has 2 aromatic rings. The molecule has 0 heterocycles. The summed E-state index contributed by atoms with van der Waals surface area (Å²) < 4.78 is 0. The van der Waals surface area contributed by atoms with Crippen LogP contribution in [-0.4, -0.2) is 24.1 Å². The Kier molecular flexibility index (Phi) is 8.37. The maximum Gasteiger partial charge on any atom is 0.243 e. The van der Waals surface area contributed by atoms with Crippen LogP contribution in [-0.2, 0) is 9.59 Å². The van der Waals surface area contributed by atoms with Crippen LogP contribution in [0.4, 0.5) is 17.1 Å². The van der Waals surface area contributed by atoms with Gasteiger partial charge in [-0.15, -0.1) is 11.8 Å². The van der Waals surface area contributed by atoms with Gasteiger partial charge in [0.25, 0.3) is 0 Å².